The quantitative estimate of drug-likeness (QED) is 0.683. The lowest BCUT2D eigenvalue weighted by Gasteiger charge is -2.30. The van der Waals surface area contributed by atoms with E-state index in [1.54, 1.807) is 4.90 Å². The van der Waals surface area contributed by atoms with Crippen LogP contribution in [0, 0.1) is 0 Å². The van der Waals surface area contributed by atoms with E-state index in [2.05, 4.69) is 5.32 Å². The summed E-state index contributed by atoms with van der Waals surface area (Å²) in [5, 5.41) is 13.1. The van der Waals surface area contributed by atoms with E-state index in [1.165, 1.54) is 0 Å². The second-order valence-electron chi connectivity index (χ2n) is 4.73. The Hall–Kier alpha value is -0.610. The van der Waals surface area contributed by atoms with E-state index < -0.39 is 0 Å². The highest BCUT2D eigenvalue weighted by molar-refractivity contribution is 5.83. The summed E-state index contributed by atoms with van der Waals surface area (Å²) in [7, 11) is 1.83. The van der Waals surface area contributed by atoms with E-state index in [9.17, 15) is 9.90 Å². The van der Waals surface area contributed by atoms with Crippen LogP contribution < -0.4 is 5.32 Å². The minimum Gasteiger partial charge on any atom is -0.392 e. The zero-order valence-electron chi connectivity index (χ0n) is 9.28. The molecule has 3 atom stereocenters. The highest BCUT2D eigenvalue weighted by Gasteiger charge is 2.33. The van der Waals surface area contributed by atoms with Gasteiger partial charge in [0.2, 0.25) is 5.91 Å². The van der Waals surface area contributed by atoms with Crippen molar-refractivity contribution in [3.05, 3.63) is 0 Å². The molecule has 2 N–H and O–H groups in total. The summed E-state index contributed by atoms with van der Waals surface area (Å²) < 4.78 is 0. The van der Waals surface area contributed by atoms with Crippen LogP contribution in [0.3, 0.4) is 0 Å². The molecule has 2 rings (SSSR count). The number of likely N-dealkylation sites (N-methyl/N-ethyl adjacent to an activating group) is 1. The lowest BCUT2D eigenvalue weighted by atomic mass is 9.92. The van der Waals surface area contributed by atoms with E-state index in [4.69, 9.17) is 0 Å². The van der Waals surface area contributed by atoms with Crippen molar-refractivity contribution >= 4 is 5.91 Å². The van der Waals surface area contributed by atoms with Gasteiger partial charge < -0.3 is 15.3 Å². The summed E-state index contributed by atoms with van der Waals surface area (Å²) in [6.07, 6.45) is 4.74. The third-order valence-electron chi connectivity index (χ3n) is 3.57. The van der Waals surface area contributed by atoms with Gasteiger partial charge in [0.25, 0.3) is 0 Å². The summed E-state index contributed by atoms with van der Waals surface area (Å²) in [6.45, 7) is 0.833. The van der Waals surface area contributed by atoms with Crippen molar-refractivity contribution in [3.8, 4) is 0 Å². The molecule has 0 aromatic rings. The Morgan fingerprint density at radius 3 is 2.67 bits per heavy atom. The Morgan fingerprint density at radius 1 is 1.33 bits per heavy atom. The van der Waals surface area contributed by atoms with Gasteiger partial charge in [-0.05, 0) is 19.3 Å². The molecule has 1 aliphatic carbocycles. The molecule has 0 radical (unpaired) electrons. The van der Waals surface area contributed by atoms with Gasteiger partial charge in [-0.2, -0.15) is 0 Å². The van der Waals surface area contributed by atoms with Gasteiger partial charge in [0.15, 0.2) is 0 Å². The molecule has 2 fully saturated rings. The molecule has 4 heteroatoms. The molecule has 1 heterocycles. The molecule has 1 amide bonds. The Kier molecular flexibility index (Phi) is 3.26. The second kappa shape index (κ2) is 4.49. The van der Waals surface area contributed by atoms with Gasteiger partial charge >= 0.3 is 0 Å². The maximum Gasteiger partial charge on any atom is 0.239 e. The fraction of sp³-hybridized carbons (Fsp3) is 0.909. The number of nitrogens with zero attached hydrogens (tertiary/aromatic N) is 1. The maximum absolute atomic E-state index is 11.7. The molecule has 86 valence electrons. The third-order valence-corrected chi connectivity index (χ3v) is 3.57. The van der Waals surface area contributed by atoms with Gasteiger partial charge in [0.1, 0.15) is 0 Å². The number of carbonyl (C=O) groups excluding carboxylic acids is 1. The van der Waals surface area contributed by atoms with Crippen molar-refractivity contribution in [2.24, 2.45) is 0 Å². The first-order chi connectivity index (χ1) is 7.18. The number of likely N-dealkylation sites (tertiary alicyclic amines) is 1. The molecule has 0 aromatic carbocycles. The number of aliphatic hydroxyl groups is 1. The van der Waals surface area contributed by atoms with E-state index in [1.807, 2.05) is 7.05 Å². The Morgan fingerprint density at radius 2 is 2.07 bits per heavy atom. The average molecular weight is 212 g/mol. The fourth-order valence-corrected chi connectivity index (χ4v) is 2.54. The summed E-state index contributed by atoms with van der Waals surface area (Å²) in [5.74, 6) is 0.174. The van der Waals surface area contributed by atoms with Crippen molar-refractivity contribution in [1.29, 1.82) is 0 Å². The number of nitrogens with one attached hydrogen (secondary N) is 1. The number of aliphatic hydroxyl groups excluding tert-OH is 1. The van der Waals surface area contributed by atoms with Crippen LogP contribution in [0.1, 0.15) is 32.1 Å². The number of hydrogen-bond donors (Lipinski definition) is 2. The van der Waals surface area contributed by atoms with Crippen LogP contribution in [0.2, 0.25) is 0 Å². The molecule has 0 aromatic heterocycles. The Balaban J connectivity index is 1.88. The SMILES string of the molecule is CN1CCC(N[C@@H]2CCCC[C@H]2O)C1=O. The zero-order chi connectivity index (χ0) is 10.8. The highest BCUT2D eigenvalue weighted by atomic mass is 16.3. The number of carbonyl (C=O) groups is 1. The summed E-state index contributed by atoms with van der Waals surface area (Å²) in [4.78, 5) is 13.4. The van der Waals surface area contributed by atoms with Crippen LogP contribution >= 0.6 is 0 Å². The summed E-state index contributed by atoms with van der Waals surface area (Å²) in [6, 6.07) is 0.0620. The van der Waals surface area contributed by atoms with Gasteiger partial charge in [-0.25, -0.2) is 0 Å². The molecule has 0 spiro atoms. The molecule has 15 heavy (non-hydrogen) atoms. The first-order valence-corrected chi connectivity index (χ1v) is 5.87. The predicted octanol–water partition coefficient (Wildman–Crippen LogP) is 0.110. The van der Waals surface area contributed by atoms with Gasteiger partial charge in [-0.1, -0.05) is 12.8 Å². The molecule has 1 saturated heterocycles. The molecular weight excluding hydrogens is 192 g/mol. The molecule has 4 nitrogen and oxygen atoms in total. The van der Waals surface area contributed by atoms with Crippen LogP contribution in [-0.2, 0) is 4.79 Å². The normalized spacial score (nSPS) is 37.3. The number of rotatable bonds is 2. The Labute approximate surface area is 90.6 Å². The monoisotopic (exact) mass is 212 g/mol. The molecular formula is C11H20N2O2. The highest BCUT2D eigenvalue weighted by Crippen LogP contribution is 2.20. The molecule has 1 unspecified atom stereocenters. The van der Waals surface area contributed by atoms with Gasteiger partial charge in [0.05, 0.1) is 12.1 Å². The van der Waals surface area contributed by atoms with Crippen LogP contribution in [-0.4, -0.2) is 47.7 Å². The second-order valence-corrected chi connectivity index (χ2v) is 4.73. The molecule has 2 aliphatic rings. The van der Waals surface area contributed by atoms with Crippen molar-refractivity contribution in [3.63, 3.8) is 0 Å². The Bertz CT molecular complexity index is 245. The molecule has 1 saturated carbocycles. The maximum atomic E-state index is 11.7. The number of hydrogen-bond acceptors (Lipinski definition) is 3. The fourth-order valence-electron chi connectivity index (χ4n) is 2.54. The van der Waals surface area contributed by atoms with Crippen molar-refractivity contribution < 1.29 is 9.90 Å². The standard InChI is InChI=1S/C11H20N2O2/c1-13-7-6-9(11(13)15)12-8-4-2-3-5-10(8)14/h8-10,12,14H,2-7H2,1H3/t8-,9?,10-/m1/s1. The van der Waals surface area contributed by atoms with Crippen molar-refractivity contribution in [2.75, 3.05) is 13.6 Å². The van der Waals surface area contributed by atoms with Crippen LogP contribution in [0.4, 0.5) is 0 Å². The van der Waals surface area contributed by atoms with E-state index >= 15 is 0 Å². The van der Waals surface area contributed by atoms with Gasteiger partial charge in [-0.3, -0.25) is 4.79 Å². The smallest absolute Gasteiger partial charge is 0.239 e. The summed E-state index contributed by atoms with van der Waals surface area (Å²) in [5.41, 5.74) is 0. The summed E-state index contributed by atoms with van der Waals surface area (Å²) >= 11 is 0. The molecule has 0 bridgehead atoms. The largest absolute Gasteiger partial charge is 0.392 e. The van der Waals surface area contributed by atoms with Crippen molar-refractivity contribution in [1.82, 2.24) is 10.2 Å². The van der Waals surface area contributed by atoms with E-state index in [-0.39, 0.29) is 24.1 Å². The van der Waals surface area contributed by atoms with E-state index in [0.717, 1.165) is 38.6 Å². The predicted molar refractivity (Wildman–Crippen MR) is 57.4 cm³/mol. The van der Waals surface area contributed by atoms with Crippen LogP contribution in [0.5, 0.6) is 0 Å². The lowest BCUT2D eigenvalue weighted by Crippen LogP contribution is -2.49. The minimum absolute atomic E-state index is 0.0623. The van der Waals surface area contributed by atoms with Crippen molar-refractivity contribution in [2.45, 2.75) is 50.3 Å². The first-order valence-electron chi connectivity index (χ1n) is 5.87. The number of amides is 1. The average Bonchev–Trinajstić information content (AvgIpc) is 2.53. The minimum atomic E-state index is -0.266. The zero-order valence-corrected chi connectivity index (χ0v) is 9.28. The third kappa shape index (κ3) is 2.32. The van der Waals surface area contributed by atoms with Gasteiger partial charge in [0, 0.05) is 19.6 Å². The first kappa shape index (κ1) is 10.9. The van der Waals surface area contributed by atoms with Crippen LogP contribution in [0.25, 0.3) is 0 Å². The van der Waals surface area contributed by atoms with Gasteiger partial charge in [-0.15, -0.1) is 0 Å². The topological polar surface area (TPSA) is 52.6 Å². The van der Waals surface area contributed by atoms with Crippen LogP contribution in [0.15, 0.2) is 0 Å². The lowest BCUT2D eigenvalue weighted by molar-refractivity contribution is -0.128. The molecule has 1 aliphatic heterocycles. The van der Waals surface area contributed by atoms with E-state index in [0.29, 0.717) is 0 Å².